The lowest BCUT2D eigenvalue weighted by Gasteiger charge is -2.12. The van der Waals surface area contributed by atoms with E-state index < -0.39 is 6.03 Å². The second kappa shape index (κ2) is 7.00. The SMILES string of the molecule is Cc1nc(NC(N)=O)[nH]c(=O)c1-c1ccccc1Cc1ccccc1. The van der Waals surface area contributed by atoms with Crippen molar-refractivity contribution in [2.45, 2.75) is 13.3 Å². The number of benzene rings is 2. The number of nitrogens with zero attached hydrogens (tertiary/aromatic N) is 1. The van der Waals surface area contributed by atoms with Crippen molar-refractivity contribution >= 4 is 12.0 Å². The van der Waals surface area contributed by atoms with Gasteiger partial charge in [-0.25, -0.2) is 9.78 Å². The molecule has 0 fully saturated rings. The summed E-state index contributed by atoms with van der Waals surface area (Å²) in [6, 6.07) is 17.0. The smallest absolute Gasteiger partial charge is 0.318 e. The number of aromatic nitrogens is 2. The van der Waals surface area contributed by atoms with Crippen LogP contribution < -0.4 is 16.6 Å². The zero-order valence-electron chi connectivity index (χ0n) is 13.7. The first-order valence-electron chi connectivity index (χ1n) is 7.84. The summed E-state index contributed by atoms with van der Waals surface area (Å²) >= 11 is 0. The van der Waals surface area contributed by atoms with Crippen LogP contribution in [0.2, 0.25) is 0 Å². The molecule has 0 spiro atoms. The van der Waals surface area contributed by atoms with Gasteiger partial charge in [0.1, 0.15) is 0 Å². The largest absolute Gasteiger partial charge is 0.351 e. The van der Waals surface area contributed by atoms with E-state index in [1.807, 2.05) is 54.6 Å². The minimum absolute atomic E-state index is 0.0410. The van der Waals surface area contributed by atoms with Crippen molar-refractivity contribution in [1.82, 2.24) is 9.97 Å². The van der Waals surface area contributed by atoms with Gasteiger partial charge in [0.2, 0.25) is 5.95 Å². The zero-order valence-corrected chi connectivity index (χ0v) is 13.7. The van der Waals surface area contributed by atoms with Crippen molar-refractivity contribution in [3.8, 4) is 11.1 Å². The van der Waals surface area contributed by atoms with Crippen molar-refractivity contribution in [2.24, 2.45) is 5.73 Å². The predicted molar refractivity (Wildman–Crippen MR) is 97.5 cm³/mol. The number of H-pyrrole nitrogens is 1. The van der Waals surface area contributed by atoms with Gasteiger partial charge in [-0.2, -0.15) is 0 Å². The molecule has 6 nitrogen and oxygen atoms in total. The Morgan fingerprint density at radius 2 is 1.80 bits per heavy atom. The van der Waals surface area contributed by atoms with Crippen molar-refractivity contribution in [1.29, 1.82) is 0 Å². The number of carbonyl (C=O) groups excluding carboxylic acids is 1. The second-order valence-electron chi connectivity index (χ2n) is 5.68. The molecule has 1 heterocycles. The Kier molecular flexibility index (Phi) is 4.61. The molecule has 3 rings (SSSR count). The van der Waals surface area contributed by atoms with E-state index in [2.05, 4.69) is 15.3 Å². The van der Waals surface area contributed by atoms with E-state index >= 15 is 0 Å². The Morgan fingerprint density at radius 1 is 1.12 bits per heavy atom. The first-order chi connectivity index (χ1) is 12.0. The number of nitrogens with one attached hydrogen (secondary N) is 2. The van der Waals surface area contributed by atoms with E-state index in [-0.39, 0.29) is 11.5 Å². The molecule has 2 aromatic carbocycles. The van der Waals surface area contributed by atoms with E-state index in [0.717, 1.165) is 16.7 Å². The first kappa shape index (κ1) is 16.4. The average molecular weight is 334 g/mol. The van der Waals surface area contributed by atoms with Crippen LogP contribution in [0.5, 0.6) is 0 Å². The second-order valence-corrected chi connectivity index (χ2v) is 5.68. The number of carbonyl (C=O) groups is 1. The van der Waals surface area contributed by atoms with Gasteiger partial charge in [0, 0.05) is 0 Å². The lowest BCUT2D eigenvalue weighted by molar-refractivity contribution is 0.259. The predicted octanol–water partition coefficient (Wildman–Crippen LogP) is 2.83. The normalized spacial score (nSPS) is 10.4. The van der Waals surface area contributed by atoms with Gasteiger partial charge in [-0.3, -0.25) is 15.1 Å². The molecule has 0 bridgehead atoms. The van der Waals surface area contributed by atoms with E-state index in [1.165, 1.54) is 0 Å². The van der Waals surface area contributed by atoms with Crippen LogP contribution in [-0.4, -0.2) is 16.0 Å². The number of hydrogen-bond acceptors (Lipinski definition) is 3. The summed E-state index contributed by atoms with van der Waals surface area (Å²) in [6.07, 6.45) is 0.706. The average Bonchev–Trinajstić information content (AvgIpc) is 2.56. The molecule has 0 unspecified atom stereocenters. The topological polar surface area (TPSA) is 101 Å². The molecule has 0 saturated heterocycles. The fraction of sp³-hybridized carbons (Fsp3) is 0.105. The van der Waals surface area contributed by atoms with Gasteiger partial charge in [-0.05, 0) is 30.0 Å². The van der Waals surface area contributed by atoms with E-state index in [0.29, 0.717) is 17.7 Å². The molecule has 25 heavy (non-hydrogen) atoms. The van der Waals surface area contributed by atoms with Gasteiger partial charge < -0.3 is 5.73 Å². The van der Waals surface area contributed by atoms with E-state index in [1.54, 1.807) is 6.92 Å². The first-order valence-corrected chi connectivity index (χ1v) is 7.84. The molecule has 0 radical (unpaired) electrons. The summed E-state index contributed by atoms with van der Waals surface area (Å²) in [7, 11) is 0. The van der Waals surface area contributed by atoms with Gasteiger partial charge >= 0.3 is 6.03 Å². The molecular weight excluding hydrogens is 316 g/mol. The summed E-state index contributed by atoms with van der Waals surface area (Å²) in [5.41, 5.74) is 8.76. The number of aromatic amines is 1. The van der Waals surface area contributed by atoms with Gasteiger partial charge in [0.15, 0.2) is 0 Å². The Hall–Kier alpha value is -3.41. The molecule has 0 saturated carbocycles. The Balaban J connectivity index is 2.05. The third kappa shape index (κ3) is 3.74. The van der Waals surface area contributed by atoms with Gasteiger partial charge in [0.05, 0.1) is 11.3 Å². The standard InChI is InChI=1S/C19H18N4O2/c1-12-16(17(24)22-19(21-12)23-18(20)25)15-10-6-5-9-14(15)11-13-7-3-2-4-8-13/h2-10H,11H2,1H3,(H4,20,21,22,23,24,25). The van der Waals surface area contributed by atoms with E-state index in [4.69, 9.17) is 5.73 Å². The van der Waals surface area contributed by atoms with Crippen molar-refractivity contribution in [2.75, 3.05) is 5.32 Å². The van der Waals surface area contributed by atoms with Crippen LogP contribution in [0.4, 0.5) is 10.7 Å². The van der Waals surface area contributed by atoms with Crippen LogP contribution >= 0.6 is 0 Å². The molecule has 126 valence electrons. The lowest BCUT2D eigenvalue weighted by atomic mass is 9.95. The maximum Gasteiger partial charge on any atom is 0.318 e. The van der Waals surface area contributed by atoms with Crippen LogP contribution in [0.3, 0.4) is 0 Å². The quantitative estimate of drug-likeness (QED) is 0.684. The molecule has 6 heteroatoms. The molecule has 0 aliphatic rings. The molecular formula is C19H18N4O2. The third-order valence-corrected chi connectivity index (χ3v) is 3.87. The highest BCUT2D eigenvalue weighted by molar-refractivity contribution is 5.85. The number of primary amides is 1. The minimum Gasteiger partial charge on any atom is -0.351 e. The molecule has 3 aromatic rings. The van der Waals surface area contributed by atoms with E-state index in [9.17, 15) is 9.59 Å². The number of amides is 2. The summed E-state index contributed by atoms with van der Waals surface area (Å²) in [4.78, 5) is 30.3. The highest BCUT2D eigenvalue weighted by Gasteiger charge is 2.14. The van der Waals surface area contributed by atoms with Crippen molar-refractivity contribution in [3.05, 3.63) is 81.8 Å². The number of anilines is 1. The van der Waals surface area contributed by atoms with Gasteiger partial charge in [-0.1, -0.05) is 54.6 Å². The van der Waals surface area contributed by atoms with Crippen LogP contribution in [-0.2, 0) is 6.42 Å². The van der Waals surface area contributed by atoms with Crippen LogP contribution in [0.15, 0.2) is 59.4 Å². The number of aryl methyl sites for hydroxylation is 1. The lowest BCUT2D eigenvalue weighted by Crippen LogP contribution is -2.24. The maximum atomic E-state index is 12.6. The van der Waals surface area contributed by atoms with Crippen molar-refractivity contribution < 1.29 is 4.79 Å². The maximum absolute atomic E-state index is 12.6. The molecule has 0 aliphatic heterocycles. The summed E-state index contributed by atoms with van der Waals surface area (Å²) in [5.74, 6) is 0.0410. The molecule has 1 aromatic heterocycles. The Labute approximate surface area is 144 Å². The Bertz CT molecular complexity index is 965. The molecule has 2 amide bonds. The van der Waals surface area contributed by atoms with Gasteiger partial charge in [-0.15, -0.1) is 0 Å². The number of rotatable bonds is 4. The van der Waals surface area contributed by atoms with Crippen molar-refractivity contribution in [3.63, 3.8) is 0 Å². The number of urea groups is 1. The number of nitrogens with two attached hydrogens (primary N) is 1. The van der Waals surface area contributed by atoms with Crippen LogP contribution in [0.1, 0.15) is 16.8 Å². The van der Waals surface area contributed by atoms with Gasteiger partial charge in [0.25, 0.3) is 5.56 Å². The summed E-state index contributed by atoms with van der Waals surface area (Å²) in [5, 5.41) is 2.29. The summed E-state index contributed by atoms with van der Waals surface area (Å²) in [6.45, 7) is 1.73. The fourth-order valence-corrected chi connectivity index (χ4v) is 2.81. The monoisotopic (exact) mass is 334 g/mol. The third-order valence-electron chi connectivity index (χ3n) is 3.87. The highest BCUT2D eigenvalue weighted by Crippen LogP contribution is 2.25. The zero-order chi connectivity index (χ0) is 17.8. The summed E-state index contributed by atoms with van der Waals surface area (Å²) < 4.78 is 0. The highest BCUT2D eigenvalue weighted by atomic mass is 16.2. The Morgan fingerprint density at radius 3 is 2.48 bits per heavy atom. The molecule has 4 N–H and O–H groups in total. The minimum atomic E-state index is -0.778. The fourth-order valence-electron chi connectivity index (χ4n) is 2.81. The van der Waals surface area contributed by atoms with Crippen LogP contribution in [0, 0.1) is 6.92 Å². The number of hydrogen-bond donors (Lipinski definition) is 3. The molecule has 0 aliphatic carbocycles. The van der Waals surface area contributed by atoms with Crippen LogP contribution in [0.25, 0.3) is 11.1 Å². The molecule has 0 atom stereocenters.